The van der Waals surface area contributed by atoms with Crippen LogP contribution in [0.3, 0.4) is 0 Å². The number of anilines is 1. The van der Waals surface area contributed by atoms with E-state index in [2.05, 4.69) is 0 Å². The van der Waals surface area contributed by atoms with E-state index < -0.39 is 35.4 Å². The Kier molecular flexibility index (Phi) is 6.74. The van der Waals surface area contributed by atoms with Gasteiger partial charge in [0.05, 0.1) is 18.6 Å². The summed E-state index contributed by atoms with van der Waals surface area (Å²) in [5.74, 6) is -2.49. The molecule has 2 aromatic rings. The third-order valence-corrected chi connectivity index (χ3v) is 6.41. The number of halogens is 1. The van der Waals surface area contributed by atoms with E-state index in [9.17, 15) is 23.6 Å². The second-order valence-corrected chi connectivity index (χ2v) is 8.46. The summed E-state index contributed by atoms with van der Waals surface area (Å²) in [7, 11) is 1.45. The molecular formula is C25H26FN3O5. The van der Waals surface area contributed by atoms with Crippen LogP contribution < -0.4 is 4.90 Å². The van der Waals surface area contributed by atoms with Crippen molar-refractivity contribution in [3.63, 3.8) is 0 Å². The Labute approximate surface area is 196 Å². The highest BCUT2D eigenvalue weighted by molar-refractivity contribution is 6.11. The second-order valence-electron chi connectivity index (χ2n) is 8.46. The van der Waals surface area contributed by atoms with Crippen LogP contribution in [0.1, 0.15) is 18.4 Å². The molecule has 4 rings (SSSR count). The second kappa shape index (κ2) is 9.72. The Morgan fingerprint density at radius 2 is 1.71 bits per heavy atom. The monoisotopic (exact) mass is 467 g/mol. The van der Waals surface area contributed by atoms with E-state index in [1.54, 1.807) is 11.0 Å². The molecule has 2 aliphatic rings. The summed E-state index contributed by atoms with van der Waals surface area (Å²) < 4.78 is 19.9. The molecule has 0 radical (unpaired) electrons. The smallest absolute Gasteiger partial charge is 0.246 e. The number of carbonyl (C=O) groups excluding carboxylic acids is 4. The first kappa shape index (κ1) is 23.6. The molecule has 1 atom stereocenters. The molecule has 2 aliphatic heterocycles. The van der Waals surface area contributed by atoms with Crippen molar-refractivity contribution in [2.75, 3.05) is 44.8 Å². The summed E-state index contributed by atoms with van der Waals surface area (Å²) in [6.07, 6.45) is -0.721. The Morgan fingerprint density at radius 3 is 2.38 bits per heavy atom. The van der Waals surface area contributed by atoms with E-state index in [0.29, 0.717) is 6.54 Å². The van der Waals surface area contributed by atoms with Gasteiger partial charge in [0.15, 0.2) is 0 Å². The molecule has 0 unspecified atom stereocenters. The minimum absolute atomic E-state index is 0.0101. The van der Waals surface area contributed by atoms with E-state index in [4.69, 9.17) is 4.74 Å². The molecule has 8 nitrogen and oxygen atoms in total. The Hall–Kier alpha value is -3.59. The molecule has 178 valence electrons. The minimum Gasteiger partial charge on any atom is -0.383 e. The van der Waals surface area contributed by atoms with Crippen molar-refractivity contribution >= 4 is 29.3 Å². The molecule has 0 aliphatic carbocycles. The largest absolute Gasteiger partial charge is 0.383 e. The minimum atomic E-state index is -1.66. The summed E-state index contributed by atoms with van der Waals surface area (Å²) in [4.78, 5) is 56.3. The lowest BCUT2D eigenvalue weighted by Gasteiger charge is -2.36. The SMILES string of the molecule is COCCN1C(=O)C[C@](CC(=O)N2CCN(c3ccccc3)C(=O)C2)(c2ccccc2F)C1=O. The van der Waals surface area contributed by atoms with Gasteiger partial charge in [0.25, 0.3) is 0 Å². The molecule has 2 heterocycles. The Morgan fingerprint density at radius 1 is 1.00 bits per heavy atom. The lowest BCUT2D eigenvalue weighted by molar-refractivity contribution is -0.144. The normalized spacial score (nSPS) is 20.9. The van der Waals surface area contributed by atoms with Crippen molar-refractivity contribution < 1.29 is 28.3 Å². The first-order valence-electron chi connectivity index (χ1n) is 11.1. The van der Waals surface area contributed by atoms with Gasteiger partial charge in [-0.3, -0.25) is 24.1 Å². The van der Waals surface area contributed by atoms with Crippen molar-refractivity contribution in [1.29, 1.82) is 0 Å². The van der Waals surface area contributed by atoms with E-state index in [1.165, 1.54) is 30.2 Å². The van der Waals surface area contributed by atoms with Crippen molar-refractivity contribution in [3.8, 4) is 0 Å². The molecule has 0 N–H and O–H groups in total. The van der Waals surface area contributed by atoms with Crippen LogP contribution in [0, 0.1) is 5.82 Å². The number of methoxy groups -OCH3 is 1. The molecule has 0 bridgehead atoms. The molecule has 0 saturated carbocycles. The van der Waals surface area contributed by atoms with Gasteiger partial charge >= 0.3 is 0 Å². The number of benzene rings is 2. The highest BCUT2D eigenvalue weighted by Gasteiger charge is 2.55. The number of rotatable bonds is 7. The van der Waals surface area contributed by atoms with Gasteiger partial charge in [-0.2, -0.15) is 0 Å². The van der Waals surface area contributed by atoms with Gasteiger partial charge in [0, 0.05) is 44.3 Å². The molecule has 2 aromatic carbocycles. The van der Waals surface area contributed by atoms with Gasteiger partial charge in [-0.1, -0.05) is 36.4 Å². The molecule has 2 saturated heterocycles. The topological polar surface area (TPSA) is 87.2 Å². The number of likely N-dealkylation sites (tertiary alicyclic amines) is 1. The van der Waals surface area contributed by atoms with Gasteiger partial charge < -0.3 is 14.5 Å². The predicted octanol–water partition coefficient (Wildman–Crippen LogP) is 1.73. The number of hydrogen-bond donors (Lipinski definition) is 0. The van der Waals surface area contributed by atoms with E-state index in [0.717, 1.165) is 10.6 Å². The molecule has 34 heavy (non-hydrogen) atoms. The highest BCUT2D eigenvalue weighted by atomic mass is 19.1. The van der Waals surface area contributed by atoms with Crippen LogP contribution in [0.2, 0.25) is 0 Å². The first-order valence-corrected chi connectivity index (χ1v) is 11.1. The number of amides is 4. The lowest BCUT2D eigenvalue weighted by Crippen LogP contribution is -2.54. The summed E-state index contributed by atoms with van der Waals surface area (Å²) in [5.41, 5.74) is -0.906. The summed E-state index contributed by atoms with van der Waals surface area (Å²) in [6, 6.07) is 14.9. The van der Waals surface area contributed by atoms with Crippen LogP contribution in [-0.4, -0.2) is 73.3 Å². The fourth-order valence-corrected chi connectivity index (χ4v) is 4.64. The number of ether oxygens (including phenoxy) is 1. The third-order valence-electron chi connectivity index (χ3n) is 6.41. The number of carbonyl (C=O) groups is 4. The van der Waals surface area contributed by atoms with Crippen LogP contribution in [0.4, 0.5) is 10.1 Å². The van der Waals surface area contributed by atoms with Gasteiger partial charge in [-0.15, -0.1) is 0 Å². The fourth-order valence-electron chi connectivity index (χ4n) is 4.64. The Balaban J connectivity index is 1.58. The average molecular weight is 467 g/mol. The van der Waals surface area contributed by atoms with Crippen LogP contribution in [0.25, 0.3) is 0 Å². The van der Waals surface area contributed by atoms with Gasteiger partial charge in [0.2, 0.25) is 23.6 Å². The average Bonchev–Trinajstić information content (AvgIpc) is 3.07. The summed E-state index contributed by atoms with van der Waals surface area (Å²) in [5, 5.41) is 0. The molecule has 2 fully saturated rings. The lowest BCUT2D eigenvalue weighted by atomic mass is 9.75. The number of piperazine rings is 1. The zero-order chi connectivity index (χ0) is 24.3. The molecule has 4 amide bonds. The maximum Gasteiger partial charge on any atom is 0.246 e. The van der Waals surface area contributed by atoms with Gasteiger partial charge in [0.1, 0.15) is 12.4 Å². The van der Waals surface area contributed by atoms with Gasteiger partial charge in [-0.25, -0.2) is 4.39 Å². The third kappa shape index (κ3) is 4.31. The number of para-hydroxylation sites is 1. The van der Waals surface area contributed by atoms with E-state index >= 15 is 0 Å². The molecule has 9 heteroatoms. The van der Waals surface area contributed by atoms with Crippen LogP contribution in [-0.2, 0) is 29.3 Å². The van der Waals surface area contributed by atoms with Gasteiger partial charge in [-0.05, 0) is 18.2 Å². The molecule has 0 aromatic heterocycles. The molecule has 0 spiro atoms. The van der Waals surface area contributed by atoms with E-state index in [1.807, 2.05) is 30.3 Å². The maximum absolute atomic E-state index is 14.9. The summed E-state index contributed by atoms with van der Waals surface area (Å²) >= 11 is 0. The predicted molar refractivity (Wildman–Crippen MR) is 121 cm³/mol. The van der Waals surface area contributed by atoms with Crippen molar-refractivity contribution in [2.45, 2.75) is 18.3 Å². The standard InChI is InChI=1S/C25H26FN3O5/c1-34-14-13-29-22(31)16-25(24(29)33,19-9-5-6-10-20(19)26)15-21(30)27-11-12-28(23(32)17-27)18-7-3-2-4-8-18/h2-10H,11-17H2,1H3/t25-/m1/s1. The van der Waals surface area contributed by atoms with Crippen LogP contribution in [0.5, 0.6) is 0 Å². The van der Waals surface area contributed by atoms with Crippen LogP contribution >= 0.6 is 0 Å². The van der Waals surface area contributed by atoms with Crippen molar-refractivity contribution in [3.05, 3.63) is 66.0 Å². The van der Waals surface area contributed by atoms with Crippen molar-refractivity contribution in [2.24, 2.45) is 0 Å². The van der Waals surface area contributed by atoms with Crippen molar-refractivity contribution in [1.82, 2.24) is 9.80 Å². The van der Waals surface area contributed by atoms with Crippen LogP contribution in [0.15, 0.2) is 54.6 Å². The number of hydrogen-bond acceptors (Lipinski definition) is 5. The fraction of sp³-hybridized carbons (Fsp3) is 0.360. The zero-order valence-corrected chi connectivity index (χ0v) is 18.9. The maximum atomic E-state index is 14.9. The first-order chi connectivity index (χ1) is 16.4. The quantitative estimate of drug-likeness (QED) is 0.579. The highest BCUT2D eigenvalue weighted by Crippen LogP contribution is 2.41. The van der Waals surface area contributed by atoms with E-state index in [-0.39, 0.29) is 44.1 Å². The number of imide groups is 1. The summed E-state index contributed by atoms with van der Waals surface area (Å²) in [6.45, 7) is 0.564. The zero-order valence-electron chi connectivity index (χ0n) is 18.9. The molecular weight excluding hydrogens is 441 g/mol. The number of nitrogens with zero attached hydrogens (tertiary/aromatic N) is 3. The Bertz CT molecular complexity index is 1110.